The molecule has 0 bridgehead atoms. The number of hydrogen-bond acceptors (Lipinski definition) is 2. The lowest BCUT2D eigenvalue weighted by molar-refractivity contribution is 0.628. The first kappa shape index (κ1) is 13.5. The standard InChI is InChI=1S/C15H12ClFN2/c1-19-9-10-2-3-14(15(16)6-10)12-4-11(8-18)5-13(17)7-12/h2-7,19H,9H2,1H3. The molecule has 0 amide bonds. The van der Waals surface area contributed by atoms with E-state index in [2.05, 4.69) is 5.32 Å². The largest absolute Gasteiger partial charge is 0.316 e. The maximum atomic E-state index is 13.4. The van der Waals surface area contributed by atoms with Gasteiger partial charge in [-0.2, -0.15) is 5.26 Å². The topological polar surface area (TPSA) is 35.8 Å². The predicted octanol–water partition coefficient (Wildman–Crippen LogP) is 3.74. The van der Waals surface area contributed by atoms with E-state index in [-0.39, 0.29) is 5.56 Å². The van der Waals surface area contributed by atoms with E-state index in [1.165, 1.54) is 12.1 Å². The molecule has 19 heavy (non-hydrogen) atoms. The Bertz CT molecular complexity index is 647. The molecule has 0 radical (unpaired) electrons. The van der Waals surface area contributed by atoms with Crippen LogP contribution in [-0.4, -0.2) is 7.05 Å². The normalized spacial score (nSPS) is 10.2. The molecule has 0 saturated heterocycles. The molecule has 2 aromatic carbocycles. The zero-order chi connectivity index (χ0) is 13.8. The average Bonchev–Trinajstić information content (AvgIpc) is 2.38. The van der Waals surface area contributed by atoms with Crippen LogP contribution in [0.3, 0.4) is 0 Å². The van der Waals surface area contributed by atoms with Crippen molar-refractivity contribution in [2.45, 2.75) is 6.54 Å². The average molecular weight is 275 g/mol. The van der Waals surface area contributed by atoms with E-state index in [1.54, 1.807) is 6.07 Å². The van der Waals surface area contributed by atoms with Crippen molar-refractivity contribution < 1.29 is 4.39 Å². The zero-order valence-electron chi connectivity index (χ0n) is 10.4. The third kappa shape index (κ3) is 3.11. The highest BCUT2D eigenvalue weighted by atomic mass is 35.5. The van der Waals surface area contributed by atoms with Crippen LogP contribution >= 0.6 is 11.6 Å². The summed E-state index contributed by atoms with van der Waals surface area (Å²) in [6.07, 6.45) is 0. The van der Waals surface area contributed by atoms with E-state index in [0.29, 0.717) is 17.1 Å². The van der Waals surface area contributed by atoms with Gasteiger partial charge in [-0.1, -0.05) is 23.7 Å². The molecule has 0 heterocycles. The number of nitriles is 1. The van der Waals surface area contributed by atoms with Crippen molar-refractivity contribution in [1.29, 1.82) is 5.26 Å². The minimum Gasteiger partial charge on any atom is -0.316 e. The van der Waals surface area contributed by atoms with Gasteiger partial charge in [0.05, 0.1) is 11.6 Å². The van der Waals surface area contributed by atoms with Crippen LogP contribution in [0.2, 0.25) is 5.02 Å². The van der Waals surface area contributed by atoms with Crippen molar-refractivity contribution in [1.82, 2.24) is 5.32 Å². The van der Waals surface area contributed by atoms with Crippen LogP contribution in [0.15, 0.2) is 36.4 Å². The van der Waals surface area contributed by atoms with Crippen LogP contribution < -0.4 is 5.32 Å². The lowest BCUT2D eigenvalue weighted by Gasteiger charge is -2.08. The Morgan fingerprint density at radius 2 is 2.05 bits per heavy atom. The second-order valence-electron chi connectivity index (χ2n) is 4.18. The molecule has 4 heteroatoms. The van der Waals surface area contributed by atoms with E-state index < -0.39 is 5.82 Å². The number of nitrogens with one attached hydrogen (secondary N) is 1. The van der Waals surface area contributed by atoms with Crippen LogP contribution in [0.25, 0.3) is 11.1 Å². The Hall–Kier alpha value is -1.89. The van der Waals surface area contributed by atoms with Crippen LogP contribution in [0, 0.1) is 17.1 Å². The van der Waals surface area contributed by atoms with Gasteiger partial charge in [-0.15, -0.1) is 0 Å². The van der Waals surface area contributed by atoms with Gasteiger partial charge in [-0.25, -0.2) is 4.39 Å². The summed E-state index contributed by atoms with van der Waals surface area (Å²) in [5.74, 6) is -0.440. The first-order valence-corrected chi connectivity index (χ1v) is 6.16. The Morgan fingerprint density at radius 3 is 2.68 bits per heavy atom. The zero-order valence-corrected chi connectivity index (χ0v) is 11.1. The van der Waals surface area contributed by atoms with Gasteiger partial charge >= 0.3 is 0 Å². The second-order valence-corrected chi connectivity index (χ2v) is 4.59. The number of halogens is 2. The van der Waals surface area contributed by atoms with E-state index in [4.69, 9.17) is 16.9 Å². The minimum atomic E-state index is -0.440. The van der Waals surface area contributed by atoms with Crippen molar-refractivity contribution in [3.8, 4) is 17.2 Å². The molecule has 0 unspecified atom stereocenters. The molecule has 0 aromatic heterocycles. The molecule has 96 valence electrons. The summed E-state index contributed by atoms with van der Waals surface area (Å²) >= 11 is 6.21. The van der Waals surface area contributed by atoms with Gasteiger partial charge in [0, 0.05) is 17.1 Å². The van der Waals surface area contributed by atoms with Crippen molar-refractivity contribution in [3.05, 3.63) is 58.4 Å². The third-order valence-electron chi connectivity index (χ3n) is 2.75. The van der Waals surface area contributed by atoms with Crippen molar-refractivity contribution in [2.24, 2.45) is 0 Å². The van der Waals surface area contributed by atoms with Gasteiger partial charge in [-0.05, 0) is 42.4 Å². The molecule has 2 rings (SSSR count). The Kier molecular flexibility index (Phi) is 4.16. The molecule has 0 spiro atoms. The Balaban J connectivity index is 2.47. The SMILES string of the molecule is CNCc1ccc(-c2cc(F)cc(C#N)c2)c(Cl)c1. The summed E-state index contributed by atoms with van der Waals surface area (Å²) in [6.45, 7) is 0.715. The highest BCUT2D eigenvalue weighted by Gasteiger charge is 2.07. The summed E-state index contributed by atoms with van der Waals surface area (Å²) in [5, 5.41) is 12.4. The van der Waals surface area contributed by atoms with Crippen molar-refractivity contribution in [3.63, 3.8) is 0 Å². The van der Waals surface area contributed by atoms with E-state index in [1.807, 2.05) is 31.3 Å². The Morgan fingerprint density at radius 1 is 1.26 bits per heavy atom. The minimum absolute atomic E-state index is 0.283. The van der Waals surface area contributed by atoms with Crippen molar-refractivity contribution >= 4 is 11.6 Å². The van der Waals surface area contributed by atoms with Gasteiger partial charge < -0.3 is 5.32 Å². The molecule has 0 saturated carbocycles. The summed E-state index contributed by atoms with van der Waals surface area (Å²) in [7, 11) is 1.85. The molecular weight excluding hydrogens is 263 g/mol. The fourth-order valence-electron chi connectivity index (χ4n) is 1.92. The summed E-state index contributed by atoms with van der Waals surface area (Å²) < 4.78 is 13.4. The Labute approximate surface area is 116 Å². The maximum Gasteiger partial charge on any atom is 0.125 e. The maximum absolute atomic E-state index is 13.4. The molecule has 0 aliphatic carbocycles. The van der Waals surface area contributed by atoms with Gasteiger partial charge in [-0.3, -0.25) is 0 Å². The van der Waals surface area contributed by atoms with E-state index in [0.717, 1.165) is 11.1 Å². The number of rotatable bonds is 3. The second kappa shape index (κ2) is 5.83. The molecule has 1 N–H and O–H groups in total. The van der Waals surface area contributed by atoms with E-state index in [9.17, 15) is 4.39 Å². The smallest absolute Gasteiger partial charge is 0.125 e. The molecule has 2 aromatic rings. The molecule has 0 fully saturated rings. The van der Waals surface area contributed by atoms with Gasteiger partial charge in [0.1, 0.15) is 5.82 Å². The van der Waals surface area contributed by atoms with Crippen LogP contribution in [0.4, 0.5) is 4.39 Å². The lowest BCUT2D eigenvalue weighted by atomic mass is 10.0. The van der Waals surface area contributed by atoms with Crippen LogP contribution in [-0.2, 0) is 6.54 Å². The number of nitrogens with zero attached hydrogens (tertiary/aromatic N) is 1. The van der Waals surface area contributed by atoms with Gasteiger partial charge in [0.15, 0.2) is 0 Å². The molecule has 2 nitrogen and oxygen atoms in total. The van der Waals surface area contributed by atoms with Gasteiger partial charge in [0.2, 0.25) is 0 Å². The predicted molar refractivity (Wildman–Crippen MR) is 74.3 cm³/mol. The van der Waals surface area contributed by atoms with Crippen molar-refractivity contribution in [2.75, 3.05) is 7.05 Å². The number of benzene rings is 2. The first-order valence-electron chi connectivity index (χ1n) is 5.78. The number of hydrogen-bond donors (Lipinski definition) is 1. The van der Waals surface area contributed by atoms with Crippen LogP contribution in [0.5, 0.6) is 0 Å². The summed E-state index contributed by atoms with van der Waals surface area (Å²) in [5.41, 5.74) is 2.66. The van der Waals surface area contributed by atoms with Crippen LogP contribution in [0.1, 0.15) is 11.1 Å². The van der Waals surface area contributed by atoms with Gasteiger partial charge in [0.25, 0.3) is 0 Å². The molecular formula is C15H12ClFN2. The molecule has 0 aliphatic heterocycles. The fraction of sp³-hybridized carbons (Fsp3) is 0.133. The quantitative estimate of drug-likeness (QED) is 0.925. The highest BCUT2D eigenvalue weighted by Crippen LogP contribution is 2.30. The summed E-state index contributed by atoms with van der Waals surface area (Å²) in [6, 6.07) is 11.7. The third-order valence-corrected chi connectivity index (χ3v) is 3.06. The highest BCUT2D eigenvalue weighted by molar-refractivity contribution is 6.33. The lowest BCUT2D eigenvalue weighted by Crippen LogP contribution is -2.04. The monoisotopic (exact) mass is 274 g/mol. The summed E-state index contributed by atoms with van der Waals surface area (Å²) in [4.78, 5) is 0. The fourth-order valence-corrected chi connectivity index (χ4v) is 2.23. The van der Waals surface area contributed by atoms with E-state index >= 15 is 0 Å². The molecule has 0 aliphatic rings. The first-order chi connectivity index (χ1) is 9.13. The molecule has 0 atom stereocenters.